The van der Waals surface area contributed by atoms with Gasteiger partial charge in [0.25, 0.3) is 0 Å². The van der Waals surface area contributed by atoms with Crippen LogP contribution < -0.4 is 0 Å². The summed E-state index contributed by atoms with van der Waals surface area (Å²) in [6.07, 6.45) is 10.6. The molecule has 2 aromatic carbocycles. The maximum atomic E-state index is 5.46. The number of aromatic amines is 3. The van der Waals surface area contributed by atoms with Crippen molar-refractivity contribution in [1.82, 2.24) is 24.9 Å². The van der Waals surface area contributed by atoms with Gasteiger partial charge in [0.2, 0.25) is 0 Å². The van der Waals surface area contributed by atoms with Gasteiger partial charge in [-0.1, -0.05) is 133 Å². The number of hydrogen-bond donors (Lipinski definition) is 3. The minimum atomic E-state index is -0.0537. The Kier molecular flexibility index (Phi) is 10.8. The van der Waals surface area contributed by atoms with Crippen LogP contribution in [-0.2, 0) is 34.5 Å². The van der Waals surface area contributed by atoms with E-state index < -0.39 is 0 Å². The Morgan fingerprint density at radius 3 is 1.05 bits per heavy atom. The van der Waals surface area contributed by atoms with Crippen molar-refractivity contribution in [3.8, 4) is 22.3 Å². The number of benzene rings is 2. The highest BCUT2D eigenvalue weighted by molar-refractivity contribution is 5.96. The second-order valence-corrected chi connectivity index (χ2v) is 22.2. The number of aromatic nitrogens is 5. The molecule has 8 rings (SSSR count). The fraction of sp³-hybridized carbons (Fsp3) is 0.379. The Morgan fingerprint density at radius 2 is 0.746 bits per heavy atom. The summed E-state index contributed by atoms with van der Waals surface area (Å²) in [6, 6.07) is 23.3. The minimum Gasteiger partial charge on any atom is -0.354 e. The van der Waals surface area contributed by atoms with Crippen LogP contribution in [0.3, 0.4) is 0 Å². The van der Waals surface area contributed by atoms with E-state index in [4.69, 9.17) is 9.97 Å². The van der Waals surface area contributed by atoms with E-state index in [2.05, 4.69) is 211 Å². The Morgan fingerprint density at radius 1 is 0.413 bits per heavy atom. The molecular weight excluding hydrogens is 767 g/mol. The molecule has 0 spiro atoms. The third-order valence-electron chi connectivity index (χ3n) is 13.3. The third-order valence-corrected chi connectivity index (χ3v) is 13.3. The molecule has 6 heterocycles. The van der Waals surface area contributed by atoms with Crippen molar-refractivity contribution >= 4 is 57.4 Å². The summed E-state index contributed by atoms with van der Waals surface area (Å²) < 4.78 is 0. The number of nitrogens with zero attached hydrogens (tertiary/aromatic N) is 2. The summed E-state index contributed by atoms with van der Waals surface area (Å²) in [5.41, 5.74) is 24.9. The van der Waals surface area contributed by atoms with Crippen molar-refractivity contribution in [2.24, 2.45) is 0 Å². The van der Waals surface area contributed by atoms with E-state index in [-0.39, 0.29) is 21.7 Å². The minimum absolute atomic E-state index is 0.0537. The Hall–Kier alpha value is -5.68. The molecule has 326 valence electrons. The first-order valence-corrected chi connectivity index (χ1v) is 23.1. The largest absolute Gasteiger partial charge is 0.354 e. The van der Waals surface area contributed by atoms with Crippen LogP contribution in [0.15, 0.2) is 60.7 Å². The van der Waals surface area contributed by atoms with Gasteiger partial charge >= 0.3 is 0 Å². The Balaban J connectivity index is 1.59. The van der Waals surface area contributed by atoms with Gasteiger partial charge < -0.3 is 15.0 Å². The highest BCUT2D eigenvalue weighted by Crippen LogP contribution is 2.41. The van der Waals surface area contributed by atoms with Crippen molar-refractivity contribution in [3.63, 3.8) is 0 Å². The zero-order chi connectivity index (χ0) is 45.6. The molecule has 3 N–H and O–H groups in total. The lowest BCUT2D eigenvalue weighted by atomic mass is 9.79. The van der Waals surface area contributed by atoms with Gasteiger partial charge in [-0.3, -0.25) is 0 Å². The molecule has 0 atom stereocenters. The molecule has 0 saturated carbocycles. The standard InChI is InChI=1S/C58H69N5/c1-17-43-33(3)53-54-34(4)44(18-2)50(63-54)32-42-20-22-46(60-42)52(36-27-39(57(11,12)13)30-40(28-36)58(14,15)16)48-24-23-47(61-48)51(45-21-19-41(59-45)31-49(43)62-53)35-25-37(55(5,6)7)29-38(26-35)56(8,9)10/h19-32,61-63H,17-18H2,1-16H3. The molecule has 2 aliphatic rings. The normalized spacial score (nSPS) is 13.4. The van der Waals surface area contributed by atoms with Gasteiger partial charge in [-0.25, -0.2) is 9.97 Å². The second-order valence-electron chi connectivity index (χ2n) is 22.2. The summed E-state index contributed by atoms with van der Waals surface area (Å²) in [6.45, 7) is 36.7. The van der Waals surface area contributed by atoms with Gasteiger partial charge in [0, 0.05) is 33.2 Å². The predicted octanol–water partition coefficient (Wildman–Crippen LogP) is 16.0. The van der Waals surface area contributed by atoms with Gasteiger partial charge in [-0.2, -0.15) is 0 Å². The fourth-order valence-corrected chi connectivity index (χ4v) is 9.31. The number of aryl methyl sites for hydroxylation is 4. The summed E-state index contributed by atoms with van der Waals surface area (Å²) in [5, 5.41) is 0. The molecule has 10 bridgehead atoms. The number of H-pyrrole nitrogens is 3. The monoisotopic (exact) mass is 836 g/mol. The van der Waals surface area contributed by atoms with E-state index in [0.717, 1.165) is 91.0 Å². The Bertz CT molecular complexity index is 2800. The third kappa shape index (κ3) is 8.32. The zero-order valence-corrected chi connectivity index (χ0v) is 40.9. The molecule has 5 nitrogen and oxygen atoms in total. The van der Waals surface area contributed by atoms with E-state index in [1.807, 2.05) is 0 Å². The van der Waals surface area contributed by atoms with Crippen LogP contribution in [0.4, 0.5) is 0 Å². The molecule has 0 aliphatic carbocycles. The average Bonchev–Trinajstić information content (AvgIpc) is 4.04. The van der Waals surface area contributed by atoms with Gasteiger partial charge in [-0.15, -0.1) is 0 Å². The number of fused-ring (bicyclic) bond motifs is 11. The van der Waals surface area contributed by atoms with Crippen LogP contribution in [0.2, 0.25) is 0 Å². The summed E-state index contributed by atoms with van der Waals surface area (Å²) in [7, 11) is 0. The van der Waals surface area contributed by atoms with Crippen LogP contribution in [0, 0.1) is 13.8 Å². The molecule has 0 fully saturated rings. The van der Waals surface area contributed by atoms with Crippen LogP contribution in [0.1, 0.15) is 164 Å². The predicted molar refractivity (Wildman–Crippen MR) is 273 cm³/mol. The Labute approximate surface area is 376 Å². The van der Waals surface area contributed by atoms with Crippen molar-refractivity contribution in [1.29, 1.82) is 0 Å². The van der Waals surface area contributed by atoms with Crippen molar-refractivity contribution in [2.75, 3.05) is 0 Å². The van der Waals surface area contributed by atoms with Gasteiger partial charge in [0.05, 0.1) is 33.8 Å². The first-order chi connectivity index (χ1) is 29.4. The van der Waals surface area contributed by atoms with E-state index in [0.29, 0.717) is 0 Å². The zero-order valence-electron chi connectivity index (χ0n) is 40.9. The molecule has 0 unspecified atom stereocenters. The highest BCUT2D eigenvalue weighted by atomic mass is 14.8. The average molecular weight is 836 g/mol. The molecule has 0 amide bonds. The lowest BCUT2D eigenvalue weighted by molar-refractivity contribution is 0.568. The first kappa shape index (κ1) is 43.9. The van der Waals surface area contributed by atoms with E-state index in [1.165, 1.54) is 44.5 Å². The fourth-order valence-electron chi connectivity index (χ4n) is 9.31. The van der Waals surface area contributed by atoms with Crippen molar-refractivity contribution in [2.45, 2.75) is 145 Å². The molecule has 63 heavy (non-hydrogen) atoms. The molecule has 6 aromatic rings. The smallest absolute Gasteiger partial charge is 0.0736 e. The first-order valence-electron chi connectivity index (χ1n) is 23.1. The van der Waals surface area contributed by atoms with Gasteiger partial charge in [0.1, 0.15) is 0 Å². The van der Waals surface area contributed by atoms with Crippen LogP contribution >= 0.6 is 0 Å². The van der Waals surface area contributed by atoms with Gasteiger partial charge in [-0.05, 0) is 153 Å². The number of rotatable bonds is 4. The van der Waals surface area contributed by atoms with Crippen molar-refractivity contribution in [3.05, 3.63) is 128 Å². The lowest BCUT2D eigenvalue weighted by Gasteiger charge is -2.26. The molecular formula is C58H69N5. The number of hydrogen-bond acceptors (Lipinski definition) is 2. The molecule has 4 aromatic heterocycles. The lowest BCUT2D eigenvalue weighted by Crippen LogP contribution is -2.16. The summed E-state index contributed by atoms with van der Waals surface area (Å²) in [5.74, 6) is 0. The topological polar surface area (TPSA) is 73.2 Å². The summed E-state index contributed by atoms with van der Waals surface area (Å²) >= 11 is 0. The summed E-state index contributed by atoms with van der Waals surface area (Å²) in [4.78, 5) is 22.7. The van der Waals surface area contributed by atoms with Crippen molar-refractivity contribution < 1.29 is 0 Å². The van der Waals surface area contributed by atoms with Crippen LogP contribution in [-0.4, -0.2) is 24.9 Å². The number of nitrogens with one attached hydrogen (secondary N) is 3. The van der Waals surface area contributed by atoms with Crippen LogP contribution in [0.5, 0.6) is 0 Å². The second kappa shape index (κ2) is 15.5. The van der Waals surface area contributed by atoms with E-state index in [1.54, 1.807) is 0 Å². The molecule has 0 saturated heterocycles. The highest BCUT2D eigenvalue weighted by Gasteiger charge is 2.25. The molecule has 2 aliphatic heterocycles. The van der Waals surface area contributed by atoms with Crippen LogP contribution in [0.25, 0.3) is 79.7 Å². The molecule has 5 heteroatoms. The maximum absolute atomic E-state index is 5.46. The quantitative estimate of drug-likeness (QED) is 0.165. The van der Waals surface area contributed by atoms with Gasteiger partial charge in [0.15, 0.2) is 0 Å². The SMILES string of the molecule is CCc1c(C)c2[nH]c1cc1nc(c(-c3cc(C(C)(C)C)cc(C(C)(C)C)c3)c3ccc([nH]3)c(-c3cc(C(C)(C)C)cc(C(C)(C)C)c3)c3nc(cc4[nH]c2c(C)c4CC)C=C3)C=C1. The maximum Gasteiger partial charge on any atom is 0.0736 e. The van der Waals surface area contributed by atoms with E-state index >= 15 is 0 Å². The van der Waals surface area contributed by atoms with E-state index in [9.17, 15) is 0 Å². The molecule has 0 radical (unpaired) electrons.